The Bertz CT molecular complexity index is 336. The van der Waals surface area contributed by atoms with Gasteiger partial charge in [0.15, 0.2) is 0 Å². The summed E-state index contributed by atoms with van der Waals surface area (Å²) in [5, 5.41) is 8.55. The first-order valence-corrected chi connectivity index (χ1v) is 4.28. The normalized spacial score (nSPS) is 9.79. The maximum Gasteiger partial charge on any atom is 0.303 e. The Balaban J connectivity index is 2.87. The van der Waals surface area contributed by atoms with Crippen LogP contribution < -0.4 is 10.5 Å². The lowest BCUT2D eigenvalue weighted by Gasteiger charge is -2.09. The number of benzene rings is 1. The number of carbonyl (C=O) groups is 1. The first-order chi connectivity index (χ1) is 6.65. The minimum Gasteiger partial charge on any atom is -0.496 e. The molecule has 0 bridgehead atoms. The smallest absolute Gasteiger partial charge is 0.303 e. The molecule has 0 saturated carbocycles. The number of carboxylic acid groups (broad SMARTS) is 1. The third kappa shape index (κ3) is 2.39. The van der Waals surface area contributed by atoms with Crippen molar-refractivity contribution < 1.29 is 14.6 Å². The van der Waals surface area contributed by atoms with Crippen LogP contribution in [0.3, 0.4) is 0 Å². The number of aliphatic carboxylic acids is 1. The Labute approximate surface area is 82.3 Å². The van der Waals surface area contributed by atoms with Crippen LogP contribution in [0, 0.1) is 0 Å². The molecule has 0 radical (unpaired) electrons. The van der Waals surface area contributed by atoms with Crippen molar-refractivity contribution in [3.8, 4) is 5.75 Å². The molecule has 0 fully saturated rings. The van der Waals surface area contributed by atoms with E-state index in [9.17, 15) is 4.79 Å². The number of rotatable bonds is 4. The molecule has 76 valence electrons. The molecule has 14 heavy (non-hydrogen) atoms. The van der Waals surface area contributed by atoms with Gasteiger partial charge in [-0.2, -0.15) is 0 Å². The molecule has 4 nitrogen and oxygen atoms in total. The standard InChI is InChI=1S/C10H13NO3/c1-14-9-4-2-3-8(11)7(9)5-6-10(12)13/h2-4H,5-6,11H2,1H3,(H,12,13). The molecule has 0 aromatic heterocycles. The van der Waals surface area contributed by atoms with Crippen LogP contribution in [0.1, 0.15) is 12.0 Å². The molecule has 1 aromatic rings. The van der Waals surface area contributed by atoms with Gasteiger partial charge in [-0.15, -0.1) is 0 Å². The van der Waals surface area contributed by atoms with Gasteiger partial charge in [0.1, 0.15) is 5.75 Å². The van der Waals surface area contributed by atoms with E-state index in [0.29, 0.717) is 17.9 Å². The lowest BCUT2D eigenvalue weighted by Crippen LogP contribution is -2.02. The average molecular weight is 195 g/mol. The summed E-state index contributed by atoms with van der Waals surface area (Å²) in [6, 6.07) is 5.28. The summed E-state index contributed by atoms with van der Waals surface area (Å²) >= 11 is 0. The molecule has 1 rings (SSSR count). The summed E-state index contributed by atoms with van der Waals surface area (Å²) in [6.45, 7) is 0. The summed E-state index contributed by atoms with van der Waals surface area (Å²) < 4.78 is 5.09. The number of methoxy groups -OCH3 is 1. The van der Waals surface area contributed by atoms with Gasteiger partial charge in [-0.25, -0.2) is 0 Å². The zero-order valence-electron chi connectivity index (χ0n) is 7.99. The number of anilines is 1. The van der Waals surface area contributed by atoms with Crippen molar-refractivity contribution in [3.63, 3.8) is 0 Å². The van der Waals surface area contributed by atoms with Crippen LogP contribution in [0.15, 0.2) is 18.2 Å². The van der Waals surface area contributed by atoms with E-state index in [4.69, 9.17) is 15.6 Å². The molecular formula is C10H13NO3. The van der Waals surface area contributed by atoms with E-state index >= 15 is 0 Å². The van der Waals surface area contributed by atoms with Crippen LogP contribution in [0.2, 0.25) is 0 Å². The highest BCUT2D eigenvalue weighted by molar-refractivity contribution is 5.68. The predicted molar refractivity (Wildman–Crippen MR) is 53.4 cm³/mol. The maximum absolute atomic E-state index is 10.4. The topological polar surface area (TPSA) is 72.5 Å². The molecule has 0 atom stereocenters. The van der Waals surface area contributed by atoms with Crippen LogP contribution in [-0.4, -0.2) is 18.2 Å². The maximum atomic E-state index is 10.4. The first-order valence-electron chi connectivity index (χ1n) is 4.28. The molecule has 4 heteroatoms. The van der Waals surface area contributed by atoms with Crippen molar-refractivity contribution >= 4 is 11.7 Å². The number of carboxylic acids is 1. The molecule has 0 amide bonds. The van der Waals surface area contributed by atoms with Gasteiger partial charge in [0, 0.05) is 17.7 Å². The summed E-state index contributed by atoms with van der Waals surface area (Å²) in [7, 11) is 1.54. The number of nitrogens with two attached hydrogens (primary N) is 1. The second-order valence-electron chi connectivity index (χ2n) is 2.92. The second-order valence-corrected chi connectivity index (χ2v) is 2.92. The van der Waals surface area contributed by atoms with Crippen molar-refractivity contribution in [3.05, 3.63) is 23.8 Å². The molecule has 0 spiro atoms. The van der Waals surface area contributed by atoms with E-state index in [2.05, 4.69) is 0 Å². The second kappa shape index (κ2) is 4.50. The molecule has 0 unspecified atom stereocenters. The Kier molecular flexibility index (Phi) is 3.34. The number of hydrogen-bond acceptors (Lipinski definition) is 3. The van der Waals surface area contributed by atoms with E-state index in [1.807, 2.05) is 0 Å². The van der Waals surface area contributed by atoms with Crippen LogP contribution in [0.25, 0.3) is 0 Å². The van der Waals surface area contributed by atoms with Gasteiger partial charge in [-0.05, 0) is 18.6 Å². The highest BCUT2D eigenvalue weighted by Crippen LogP contribution is 2.25. The van der Waals surface area contributed by atoms with Crippen molar-refractivity contribution in [1.82, 2.24) is 0 Å². The third-order valence-electron chi connectivity index (χ3n) is 1.98. The molecule has 3 N–H and O–H groups in total. The Morgan fingerprint density at radius 3 is 2.86 bits per heavy atom. The van der Waals surface area contributed by atoms with Crippen LogP contribution in [0.4, 0.5) is 5.69 Å². The summed E-state index contributed by atoms with van der Waals surface area (Å²) in [5.41, 5.74) is 7.05. The predicted octanol–water partition coefficient (Wildman–Crippen LogP) is 1.29. The lowest BCUT2D eigenvalue weighted by atomic mass is 10.1. The quantitative estimate of drug-likeness (QED) is 0.710. The zero-order chi connectivity index (χ0) is 10.6. The summed E-state index contributed by atoms with van der Waals surface area (Å²) in [6.07, 6.45) is 0.454. The fraction of sp³-hybridized carbons (Fsp3) is 0.300. The number of hydrogen-bond donors (Lipinski definition) is 2. The van der Waals surface area contributed by atoms with E-state index in [-0.39, 0.29) is 6.42 Å². The van der Waals surface area contributed by atoms with Gasteiger partial charge in [0.2, 0.25) is 0 Å². The summed E-state index contributed by atoms with van der Waals surface area (Å²) in [5.74, 6) is -0.193. The van der Waals surface area contributed by atoms with Gasteiger partial charge in [-0.3, -0.25) is 4.79 Å². The largest absolute Gasteiger partial charge is 0.496 e. The Morgan fingerprint density at radius 2 is 2.29 bits per heavy atom. The SMILES string of the molecule is COc1cccc(N)c1CCC(=O)O. The van der Waals surface area contributed by atoms with Gasteiger partial charge >= 0.3 is 5.97 Å². The fourth-order valence-electron chi connectivity index (χ4n) is 1.27. The van der Waals surface area contributed by atoms with Crippen molar-refractivity contribution in [2.24, 2.45) is 0 Å². The van der Waals surface area contributed by atoms with Crippen molar-refractivity contribution in [2.45, 2.75) is 12.8 Å². The molecule has 0 aliphatic carbocycles. The summed E-state index contributed by atoms with van der Waals surface area (Å²) in [4.78, 5) is 10.4. The first kappa shape index (κ1) is 10.4. The third-order valence-corrected chi connectivity index (χ3v) is 1.98. The molecule has 0 heterocycles. The fourth-order valence-corrected chi connectivity index (χ4v) is 1.27. The highest BCUT2D eigenvalue weighted by atomic mass is 16.5. The van der Waals surface area contributed by atoms with Crippen molar-refractivity contribution in [2.75, 3.05) is 12.8 Å². The van der Waals surface area contributed by atoms with Gasteiger partial charge in [0.05, 0.1) is 7.11 Å². The van der Waals surface area contributed by atoms with E-state index < -0.39 is 5.97 Å². The van der Waals surface area contributed by atoms with Crippen LogP contribution in [0.5, 0.6) is 5.75 Å². The molecule has 0 aliphatic heterocycles. The van der Waals surface area contributed by atoms with E-state index in [1.165, 1.54) is 0 Å². The van der Waals surface area contributed by atoms with Crippen LogP contribution in [-0.2, 0) is 11.2 Å². The zero-order valence-corrected chi connectivity index (χ0v) is 7.99. The van der Waals surface area contributed by atoms with Crippen molar-refractivity contribution in [1.29, 1.82) is 0 Å². The average Bonchev–Trinajstić information content (AvgIpc) is 2.15. The van der Waals surface area contributed by atoms with Gasteiger partial charge in [-0.1, -0.05) is 6.07 Å². The van der Waals surface area contributed by atoms with E-state index in [1.54, 1.807) is 25.3 Å². The van der Waals surface area contributed by atoms with Gasteiger partial charge < -0.3 is 15.6 Å². The van der Waals surface area contributed by atoms with Gasteiger partial charge in [0.25, 0.3) is 0 Å². The monoisotopic (exact) mass is 195 g/mol. The highest BCUT2D eigenvalue weighted by Gasteiger charge is 2.08. The van der Waals surface area contributed by atoms with Crippen LogP contribution >= 0.6 is 0 Å². The Hall–Kier alpha value is -1.71. The number of ether oxygens (including phenoxy) is 1. The molecule has 1 aromatic carbocycles. The minimum absolute atomic E-state index is 0.0601. The molecule has 0 saturated heterocycles. The lowest BCUT2D eigenvalue weighted by molar-refractivity contribution is -0.136. The molecule has 0 aliphatic rings. The number of nitrogen functional groups attached to an aromatic ring is 1. The Morgan fingerprint density at radius 1 is 1.57 bits per heavy atom. The minimum atomic E-state index is -0.838. The van der Waals surface area contributed by atoms with E-state index in [0.717, 1.165) is 5.56 Å². The molecular weight excluding hydrogens is 182 g/mol.